The largest absolute Gasteiger partial charge is 0.399 e. The molecule has 0 saturated heterocycles. The van der Waals surface area contributed by atoms with Crippen LogP contribution in [0.4, 0.5) is 13.2 Å². The molecule has 0 aliphatic carbocycles. The van der Waals surface area contributed by atoms with Gasteiger partial charge in [-0.25, -0.2) is 0 Å². The zero-order valence-electron chi connectivity index (χ0n) is 16.9. The first-order valence-corrected chi connectivity index (χ1v) is 10.8. The molecule has 0 radical (unpaired) electrons. The second-order valence-corrected chi connectivity index (χ2v) is 8.48. The fourth-order valence-electron chi connectivity index (χ4n) is 3.37. The molecular weight excluding hydrogens is 514 g/mol. The Hall–Kier alpha value is -3.00. The highest BCUT2D eigenvalue weighted by molar-refractivity contribution is 6.48. The lowest BCUT2D eigenvalue weighted by Gasteiger charge is -2.18. The van der Waals surface area contributed by atoms with Crippen molar-refractivity contribution in [2.45, 2.75) is 12.1 Å². The Kier molecular flexibility index (Phi) is 6.62. The number of benzene rings is 3. The molecule has 0 saturated carbocycles. The topological polar surface area (TPSA) is 46.6 Å². The molecule has 3 aromatic rings. The van der Waals surface area contributed by atoms with Crippen molar-refractivity contribution in [1.29, 1.82) is 0 Å². The average Bonchev–Trinajstić information content (AvgIpc) is 3.03. The molecule has 34 heavy (non-hydrogen) atoms. The summed E-state index contributed by atoms with van der Waals surface area (Å²) in [6.45, 7) is 0. The predicted octanol–water partition coefficient (Wildman–Crippen LogP) is 7.60. The molecule has 1 unspecified atom stereocenters. The normalized spacial score (nSPS) is 14.6. The van der Waals surface area contributed by atoms with Crippen LogP contribution in [0.1, 0.15) is 37.8 Å². The third kappa shape index (κ3) is 4.78. The predicted molar refractivity (Wildman–Crippen MR) is 123 cm³/mol. The molecule has 0 spiro atoms. The minimum atomic E-state index is -4.61. The molecule has 10 heteroatoms. The number of alkyl halides is 3. The summed E-state index contributed by atoms with van der Waals surface area (Å²) in [7, 11) is 0. The van der Waals surface area contributed by atoms with E-state index in [4.69, 9.17) is 39.6 Å². The number of hydroxylamine groups is 2. The number of carbonyl (C=O) groups excluding carboxylic acids is 2. The van der Waals surface area contributed by atoms with E-state index >= 15 is 0 Å². The van der Waals surface area contributed by atoms with Crippen LogP contribution >= 0.6 is 34.8 Å². The SMILES string of the molecule is O=C1c2ccccc2C(=O)N1Oc1ccc(/C=C/C(c2cc(Cl)c(Cl)c(Cl)c2)C(F)(F)F)cc1. The van der Waals surface area contributed by atoms with Crippen LogP contribution in [0.25, 0.3) is 6.08 Å². The molecule has 4 rings (SSSR count). The van der Waals surface area contributed by atoms with Crippen LogP contribution in [0.15, 0.2) is 66.7 Å². The van der Waals surface area contributed by atoms with Crippen molar-refractivity contribution in [3.8, 4) is 5.75 Å². The number of halogens is 6. The van der Waals surface area contributed by atoms with E-state index in [-0.39, 0.29) is 37.5 Å². The number of amides is 2. The van der Waals surface area contributed by atoms with Gasteiger partial charge in [0.25, 0.3) is 11.8 Å². The smallest absolute Gasteiger partial charge is 0.368 e. The molecule has 3 aromatic carbocycles. The number of nitrogens with zero attached hydrogens (tertiary/aromatic N) is 1. The first-order chi connectivity index (χ1) is 16.1. The molecule has 0 bridgehead atoms. The molecule has 1 heterocycles. The van der Waals surface area contributed by atoms with E-state index in [1.807, 2.05) is 0 Å². The summed E-state index contributed by atoms with van der Waals surface area (Å²) in [4.78, 5) is 30.2. The zero-order chi connectivity index (χ0) is 24.6. The zero-order valence-corrected chi connectivity index (χ0v) is 19.2. The van der Waals surface area contributed by atoms with Gasteiger partial charge in [0.15, 0.2) is 5.75 Å². The summed E-state index contributed by atoms with van der Waals surface area (Å²) in [6.07, 6.45) is -2.36. The fraction of sp³-hybridized carbons (Fsp3) is 0.0833. The quantitative estimate of drug-likeness (QED) is 0.254. The Bertz CT molecular complexity index is 1250. The van der Waals surface area contributed by atoms with E-state index in [0.29, 0.717) is 10.6 Å². The fourth-order valence-corrected chi connectivity index (χ4v) is 3.98. The van der Waals surface area contributed by atoms with Gasteiger partial charge in [-0.2, -0.15) is 13.2 Å². The van der Waals surface area contributed by atoms with Crippen LogP contribution < -0.4 is 4.84 Å². The third-order valence-corrected chi connectivity index (χ3v) is 6.23. The van der Waals surface area contributed by atoms with Crippen molar-refractivity contribution in [2.24, 2.45) is 0 Å². The minimum Gasteiger partial charge on any atom is -0.368 e. The van der Waals surface area contributed by atoms with Crippen LogP contribution in [0, 0.1) is 0 Å². The monoisotopic (exact) mass is 525 g/mol. The summed E-state index contributed by atoms with van der Waals surface area (Å²) in [5.74, 6) is -3.01. The highest BCUT2D eigenvalue weighted by Gasteiger charge is 2.39. The summed E-state index contributed by atoms with van der Waals surface area (Å²) in [5, 5.41) is 0.456. The molecule has 0 aromatic heterocycles. The molecule has 4 nitrogen and oxygen atoms in total. The Morgan fingerprint density at radius 3 is 1.88 bits per heavy atom. The molecule has 1 aliphatic heterocycles. The van der Waals surface area contributed by atoms with Gasteiger partial charge < -0.3 is 4.84 Å². The van der Waals surface area contributed by atoms with Crippen molar-refractivity contribution in [2.75, 3.05) is 0 Å². The number of rotatable bonds is 5. The van der Waals surface area contributed by atoms with E-state index < -0.39 is 23.9 Å². The van der Waals surface area contributed by atoms with Crippen LogP contribution in [0.2, 0.25) is 15.1 Å². The molecule has 0 fully saturated rings. The van der Waals surface area contributed by atoms with Crippen LogP contribution in [-0.2, 0) is 0 Å². The van der Waals surface area contributed by atoms with E-state index in [1.165, 1.54) is 42.5 Å². The molecule has 2 amide bonds. The second-order valence-electron chi connectivity index (χ2n) is 7.29. The van der Waals surface area contributed by atoms with Crippen LogP contribution in [0.3, 0.4) is 0 Å². The van der Waals surface area contributed by atoms with Gasteiger partial charge >= 0.3 is 6.18 Å². The van der Waals surface area contributed by atoms with Crippen molar-refractivity contribution < 1.29 is 27.6 Å². The Balaban J connectivity index is 1.52. The maximum Gasteiger partial charge on any atom is 0.399 e. The maximum atomic E-state index is 13.7. The lowest BCUT2D eigenvalue weighted by atomic mass is 9.97. The second kappa shape index (κ2) is 9.33. The third-order valence-electron chi connectivity index (χ3n) is 5.03. The molecule has 1 aliphatic rings. The maximum absolute atomic E-state index is 13.7. The average molecular weight is 527 g/mol. The molecule has 174 valence electrons. The Morgan fingerprint density at radius 1 is 0.853 bits per heavy atom. The van der Waals surface area contributed by atoms with Gasteiger partial charge in [0, 0.05) is 0 Å². The lowest BCUT2D eigenvalue weighted by Crippen LogP contribution is -2.33. The number of fused-ring (bicyclic) bond motifs is 1. The van der Waals surface area contributed by atoms with E-state index in [0.717, 1.165) is 18.2 Å². The van der Waals surface area contributed by atoms with Gasteiger partial charge in [0.05, 0.1) is 32.1 Å². The first kappa shape index (κ1) is 24.1. The molecular formula is C24H13Cl3F3NO3. The summed E-state index contributed by atoms with van der Waals surface area (Å²) in [6, 6.07) is 14.4. The highest BCUT2D eigenvalue weighted by Crippen LogP contribution is 2.41. The number of imide groups is 1. The van der Waals surface area contributed by atoms with E-state index in [2.05, 4.69) is 0 Å². The molecule has 0 N–H and O–H groups in total. The van der Waals surface area contributed by atoms with Crippen molar-refractivity contribution in [3.05, 3.63) is 104 Å². The number of allylic oxidation sites excluding steroid dienone is 1. The Labute approximate surface area is 207 Å². The minimum absolute atomic E-state index is 0.0226. The summed E-state index contributed by atoms with van der Waals surface area (Å²) in [5.41, 5.74) is 0.726. The van der Waals surface area contributed by atoms with Crippen molar-refractivity contribution in [3.63, 3.8) is 0 Å². The highest BCUT2D eigenvalue weighted by atomic mass is 35.5. The standard InChI is InChI=1S/C24H13Cl3F3NO3/c25-19-11-14(12-20(26)21(19)27)18(24(28,29)30)10-7-13-5-8-15(9-6-13)34-31-22(32)16-3-1-2-4-17(16)23(31)33/h1-12,18H/b10-7+. The molecule has 1 atom stereocenters. The van der Waals surface area contributed by atoms with Gasteiger partial charge in [-0.05, 0) is 47.5 Å². The van der Waals surface area contributed by atoms with Gasteiger partial charge in [-0.3, -0.25) is 9.59 Å². The van der Waals surface area contributed by atoms with Crippen molar-refractivity contribution in [1.82, 2.24) is 5.06 Å². The van der Waals surface area contributed by atoms with Crippen LogP contribution in [0.5, 0.6) is 5.75 Å². The first-order valence-electron chi connectivity index (χ1n) is 9.71. The van der Waals surface area contributed by atoms with E-state index in [1.54, 1.807) is 12.1 Å². The van der Waals surface area contributed by atoms with Gasteiger partial charge in [-0.15, -0.1) is 0 Å². The number of carbonyl (C=O) groups is 2. The van der Waals surface area contributed by atoms with E-state index in [9.17, 15) is 22.8 Å². The summed E-state index contributed by atoms with van der Waals surface area (Å²) < 4.78 is 41.1. The summed E-state index contributed by atoms with van der Waals surface area (Å²) >= 11 is 17.6. The number of hydrogen-bond donors (Lipinski definition) is 0. The number of hydrogen-bond acceptors (Lipinski definition) is 3. The van der Waals surface area contributed by atoms with Gasteiger partial charge in [0.1, 0.15) is 0 Å². The lowest BCUT2D eigenvalue weighted by molar-refractivity contribution is -0.139. The van der Waals surface area contributed by atoms with Gasteiger partial charge in [0.2, 0.25) is 0 Å². The van der Waals surface area contributed by atoms with Crippen molar-refractivity contribution >= 4 is 52.7 Å². The van der Waals surface area contributed by atoms with Crippen LogP contribution in [-0.4, -0.2) is 23.1 Å². The van der Waals surface area contributed by atoms with Gasteiger partial charge in [-0.1, -0.05) is 76.3 Å². The Morgan fingerprint density at radius 2 is 1.38 bits per heavy atom.